The van der Waals surface area contributed by atoms with E-state index in [1.807, 2.05) is 36.4 Å². The number of fused-ring (bicyclic) bond motifs is 1. The summed E-state index contributed by atoms with van der Waals surface area (Å²) in [6.07, 6.45) is 2.65. The second-order valence-corrected chi connectivity index (χ2v) is 8.85. The summed E-state index contributed by atoms with van der Waals surface area (Å²) in [5.41, 5.74) is 5.65. The summed E-state index contributed by atoms with van der Waals surface area (Å²) < 4.78 is 3.46. The lowest BCUT2D eigenvalue weighted by molar-refractivity contribution is -0.136. The molecule has 3 aromatic rings. The van der Waals surface area contributed by atoms with Crippen LogP contribution in [0, 0.1) is 26.7 Å². The first-order valence-corrected chi connectivity index (χ1v) is 11.2. The topological polar surface area (TPSA) is 88.3 Å². The van der Waals surface area contributed by atoms with E-state index in [1.54, 1.807) is 6.07 Å². The van der Waals surface area contributed by atoms with E-state index >= 15 is 0 Å². The number of likely N-dealkylation sites (tertiary alicyclic amines) is 1. The SMILES string of the molecule is CCc1cc(=O)n2[nH]c(C3CCCN(C(=O)C(C)Cn4nc(C)c(C)c4C)C3)cc2n1. The fourth-order valence-corrected chi connectivity index (χ4v) is 4.49. The van der Waals surface area contributed by atoms with Crippen LogP contribution in [0.1, 0.15) is 60.9 Å². The van der Waals surface area contributed by atoms with Crippen molar-refractivity contribution in [2.45, 2.75) is 66.3 Å². The average molecular weight is 425 g/mol. The molecule has 8 heteroatoms. The van der Waals surface area contributed by atoms with E-state index in [9.17, 15) is 9.59 Å². The Morgan fingerprint density at radius 1 is 1.29 bits per heavy atom. The highest BCUT2D eigenvalue weighted by atomic mass is 16.2. The third-order valence-corrected chi connectivity index (χ3v) is 6.67. The van der Waals surface area contributed by atoms with Crippen LogP contribution in [0.3, 0.4) is 0 Å². The van der Waals surface area contributed by atoms with Crippen LogP contribution < -0.4 is 5.56 Å². The standard InChI is InChI=1S/C23H32N6O2/c1-6-19-10-22(30)29-21(24-19)11-20(26-29)18-8-7-9-27(13-18)23(31)14(2)12-28-17(5)15(3)16(4)25-28/h10-11,14,18,26H,6-9,12-13H2,1-5H3. The van der Waals surface area contributed by atoms with Gasteiger partial charge in [0.1, 0.15) is 0 Å². The van der Waals surface area contributed by atoms with Crippen LogP contribution in [0.2, 0.25) is 0 Å². The molecule has 0 radical (unpaired) electrons. The molecule has 31 heavy (non-hydrogen) atoms. The third-order valence-electron chi connectivity index (χ3n) is 6.67. The third kappa shape index (κ3) is 4.03. The molecule has 166 valence electrons. The van der Waals surface area contributed by atoms with Crippen molar-refractivity contribution >= 4 is 11.6 Å². The van der Waals surface area contributed by atoms with Crippen LogP contribution in [0.4, 0.5) is 0 Å². The Morgan fingerprint density at radius 2 is 2.06 bits per heavy atom. The van der Waals surface area contributed by atoms with Gasteiger partial charge in [0.25, 0.3) is 5.56 Å². The van der Waals surface area contributed by atoms with Crippen molar-refractivity contribution in [2.75, 3.05) is 13.1 Å². The molecule has 0 bridgehead atoms. The molecule has 0 saturated carbocycles. The number of rotatable bonds is 5. The van der Waals surface area contributed by atoms with Gasteiger partial charge < -0.3 is 4.90 Å². The molecule has 2 atom stereocenters. The first kappa shape index (κ1) is 21.3. The second kappa shape index (κ2) is 8.32. The maximum Gasteiger partial charge on any atom is 0.272 e. The van der Waals surface area contributed by atoms with Gasteiger partial charge >= 0.3 is 0 Å². The van der Waals surface area contributed by atoms with Crippen LogP contribution in [-0.2, 0) is 17.8 Å². The van der Waals surface area contributed by atoms with Gasteiger partial charge in [0, 0.05) is 48.2 Å². The van der Waals surface area contributed by atoms with Gasteiger partial charge in [0.05, 0.1) is 18.2 Å². The minimum atomic E-state index is -0.143. The van der Waals surface area contributed by atoms with Gasteiger partial charge in [0.2, 0.25) is 5.91 Å². The molecule has 4 heterocycles. The van der Waals surface area contributed by atoms with E-state index in [4.69, 9.17) is 0 Å². The maximum atomic E-state index is 13.2. The van der Waals surface area contributed by atoms with Crippen molar-refractivity contribution in [1.29, 1.82) is 0 Å². The predicted molar refractivity (Wildman–Crippen MR) is 119 cm³/mol. The summed E-state index contributed by atoms with van der Waals surface area (Å²) in [6.45, 7) is 12.1. The Hall–Kier alpha value is -2.90. The highest BCUT2D eigenvalue weighted by Gasteiger charge is 2.29. The lowest BCUT2D eigenvalue weighted by Gasteiger charge is -2.34. The van der Waals surface area contributed by atoms with Gasteiger partial charge in [-0.25, -0.2) is 9.50 Å². The average Bonchev–Trinajstić information content (AvgIpc) is 3.30. The number of aromatic nitrogens is 5. The molecule has 0 aromatic carbocycles. The molecular formula is C23H32N6O2. The molecule has 0 aliphatic carbocycles. The summed E-state index contributed by atoms with van der Waals surface area (Å²) in [4.78, 5) is 32.1. The summed E-state index contributed by atoms with van der Waals surface area (Å²) in [5, 5.41) is 7.81. The number of carbonyl (C=O) groups excluding carboxylic acids is 1. The Morgan fingerprint density at radius 3 is 2.74 bits per heavy atom. The Bertz CT molecular complexity index is 1170. The summed E-state index contributed by atoms with van der Waals surface area (Å²) in [6, 6.07) is 3.54. The zero-order chi connectivity index (χ0) is 22.3. The minimum Gasteiger partial charge on any atom is -0.342 e. The monoisotopic (exact) mass is 424 g/mol. The number of hydrogen-bond donors (Lipinski definition) is 1. The van der Waals surface area contributed by atoms with E-state index < -0.39 is 0 Å². The van der Waals surface area contributed by atoms with Gasteiger partial charge in [-0.1, -0.05) is 13.8 Å². The minimum absolute atomic E-state index is 0.0920. The molecule has 2 unspecified atom stereocenters. The zero-order valence-corrected chi connectivity index (χ0v) is 19.1. The van der Waals surface area contributed by atoms with Crippen LogP contribution in [0.5, 0.6) is 0 Å². The van der Waals surface area contributed by atoms with Crippen molar-refractivity contribution in [2.24, 2.45) is 5.92 Å². The van der Waals surface area contributed by atoms with Crippen molar-refractivity contribution < 1.29 is 4.79 Å². The van der Waals surface area contributed by atoms with Gasteiger partial charge in [0.15, 0.2) is 5.65 Å². The number of carbonyl (C=O) groups is 1. The van der Waals surface area contributed by atoms with Crippen LogP contribution >= 0.6 is 0 Å². The van der Waals surface area contributed by atoms with E-state index in [-0.39, 0.29) is 23.3 Å². The molecule has 3 aromatic heterocycles. The molecule has 1 N–H and O–H groups in total. The highest BCUT2D eigenvalue weighted by Crippen LogP contribution is 2.27. The number of aryl methyl sites for hydroxylation is 2. The quantitative estimate of drug-likeness (QED) is 0.682. The lowest BCUT2D eigenvalue weighted by atomic mass is 9.94. The normalized spacial score (nSPS) is 18.0. The Kier molecular flexibility index (Phi) is 5.73. The van der Waals surface area contributed by atoms with Crippen molar-refractivity contribution in [3.05, 3.63) is 50.8 Å². The predicted octanol–water partition coefficient (Wildman–Crippen LogP) is 2.75. The summed E-state index contributed by atoms with van der Waals surface area (Å²) in [7, 11) is 0. The maximum absolute atomic E-state index is 13.2. The van der Waals surface area contributed by atoms with Crippen molar-refractivity contribution in [1.82, 2.24) is 29.3 Å². The first-order valence-electron chi connectivity index (χ1n) is 11.2. The smallest absolute Gasteiger partial charge is 0.272 e. The van der Waals surface area contributed by atoms with Crippen LogP contribution in [-0.4, -0.2) is 48.3 Å². The molecule has 4 rings (SSSR count). The number of H-pyrrole nitrogens is 1. The number of hydrogen-bond acceptors (Lipinski definition) is 4. The van der Waals surface area contributed by atoms with Crippen molar-refractivity contribution in [3.63, 3.8) is 0 Å². The molecular weight excluding hydrogens is 392 g/mol. The van der Waals surface area contributed by atoms with E-state index in [0.717, 1.165) is 48.6 Å². The summed E-state index contributed by atoms with van der Waals surface area (Å²) >= 11 is 0. The fraction of sp³-hybridized carbons (Fsp3) is 0.565. The van der Waals surface area contributed by atoms with Crippen molar-refractivity contribution in [3.8, 4) is 0 Å². The van der Waals surface area contributed by atoms with Crippen LogP contribution in [0.15, 0.2) is 16.9 Å². The Labute approximate surface area is 182 Å². The van der Waals surface area contributed by atoms with Crippen LogP contribution in [0.25, 0.3) is 5.65 Å². The zero-order valence-electron chi connectivity index (χ0n) is 19.1. The van der Waals surface area contributed by atoms with Gasteiger partial charge in [-0.15, -0.1) is 0 Å². The first-order chi connectivity index (χ1) is 14.8. The molecule has 1 aliphatic heterocycles. The number of nitrogens with one attached hydrogen (secondary N) is 1. The van der Waals surface area contributed by atoms with E-state index in [0.29, 0.717) is 18.7 Å². The fourth-order valence-electron chi connectivity index (χ4n) is 4.49. The molecule has 1 aliphatic rings. The van der Waals surface area contributed by atoms with Gasteiger partial charge in [-0.3, -0.25) is 19.4 Å². The Balaban J connectivity index is 1.49. The van der Waals surface area contributed by atoms with Gasteiger partial charge in [-0.2, -0.15) is 5.10 Å². The summed E-state index contributed by atoms with van der Waals surface area (Å²) in [5.74, 6) is 0.192. The molecule has 1 fully saturated rings. The molecule has 0 spiro atoms. The van der Waals surface area contributed by atoms with Gasteiger partial charge in [-0.05, 0) is 45.6 Å². The van der Waals surface area contributed by atoms with E-state index in [2.05, 4.69) is 29.0 Å². The molecule has 8 nitrogen and oxygen atoms in total. The van der Waals surface area contributed by atoms with E-state index in [1.165, 1.54) is 10.1 Å². The number of amides is 1. The molecule has 1 saturated heterocycles. The molecule has 1 amide bonds. The number of nitrogens with zero attached hydrogens (tertiary/aromatic N) is 5. The number of aromatic amines is 1. The highest BCUT2D eigenvalue weighted by molar-refractivity contribution is 5.78. The number of piperidine rings is 1. The lowest BCUT2D eigenvalue weighted by Crippen LogP contribution is -2.42. The largest absolute Gasteiger partial charge is 0.342 e. The second-order valence-electron chi connectivity index (χ2n) is 8.85.